The zero-order valence-electron chi connectivity index (χ0n) is 18.0. The van der Waals surface area contributed by atoms with Crippen LogP contribution in [0.2, 0.25) is 5.02 Å². The number of imidazole rings is 2. The number of benzene rings is 1. The van der Waals surface area contributed by atoms with E-state index in [0.29, 0.717) is 38.4 Å². The van der Waals surface area contributed by atoms with Crippen molar-refractivity contribution in [2.24, 2.45) is 14.1 Å². The summed E-state index contributed by atoms with van der Waals surface area (Å²) in [4.78, 5) is 13.2. The number of pyridine rings is 1. The van der Waals surface area contributed by atoms with E-state index in [2.05, 4.69) is 15.0 Å². The van der Waals surface area contributed by atoms with Crippen LogP contribution in [0.25, 0.3) is 10.9 Å². The second kappa shape index (κ2) is 7.64. The average Bonchev–Trinajstić information content (AvgIpc) is 3.29. The molecule has 2 N–H and O–H groups in total. The number of aliphatic hydroxyl groups excluding tert-OH is 1. The van der Waals surface area contributed by atoms with Crippen molar-refractivity contribution in [2.75, 3.05) is 7.11 Å². The Balaban J connectivity index is 2.05. The molecule has 0 atom stereocenters. The lowest BCUT2D eigenvalue weighted by molar-refractivity contribution is 0.109. The monoisotopic (exact) mass is 441 g/mol. The third-order valence-electron chi connectivity index (χ3n) is 5.93. The largest absolute Gasteiger partial charge is 0.481 e. The molecule has 0 aliphatic carbocycles. The van der Waals surface area contributed by atoms with E-state index in [1.807, 2.05) is 37.1 Å². The summed E-state index contributed by atoms with van der Waals surface area (Å²) in [6, 6.07) is 5.36. The molecule has 3 aromatic heterocycles. The van der Waals surface area contributed by atoms with Crippen molar-refractivity contribution >= 4 is 22.5 Å². The quantitative estimate of drug-likeness (QED) is 0.494. The Morgan fingerprint density at radius 3 is 2.10 bits per heavy atom. The minimum Gasteiger partial charge on any atom is -0.481 e. The summed E-state index contributed by atoms with van der Waals surface area (Å²) in [7, 11) is 5.19. The van der Waals surface area contributed by atoms with E-state index in [-0.39, 0.29) is 12.5 Å². The van der Waals surface area contributed by atoms with E-state index in [1.165, 1.54) is 7.11 Å². The van der Waals surface area contributed by atoms with Crippen LogP contribution in [0.3, 0.4) is 0 Å². The van der Waals surface area contributed by atoms with Gasteiger partial charge in [0.25, 0.3) is 0 Å². The third kappa shape index (κ3) is 3.10. The molecule has 0 spiro atoms. The maximum Gasteiger partial charge on any atom is 0.220 e. The van der Waals surface area contributed by atoms with Crippen LogP contribution in [-0.4, -0.2) is 41.4 Å². The number of aliphatic hydroxyl groups is 2. The van der Waals surface area contributed by atoms with Gasteiger partial charge < -0.3 is 24.1 Å². The second-order valence-corrected chi connectivity index (χ2v) is 7.89. The summed E-state index contributed by atoms with van der Waals surface area (Å²) in [5, 5.41) is 22.9. The van der Waals surface area contributed by atoms with Crippen molar-refractivity contribution in [3.63, 3.8) is 0 Å². The number of rotatable bonds is 5. The Labute approximate surface area is 184 Å². The van der Waals surface area contributed by atoms with Crippen LogP contribution < -0.4 is 4.74 Å². The number of halogens is 1. The second-order valence-electron chi connectivity index (χ2n) is 7.51. The molecule has 3 heterocycles. The van der Waals surface area contributed by atoms with Crippen molar-refractivity contribution in [1.82, 2.24) is 24.1 Å². The Bertz CT molecular complexity index is 1250. The molecule has 0 unspecified atom stereocenters. The lowest BCUT2D eigenvalue weighted by Crippen LogP contribution is -2.33. The van der Waals surface area contributed by atoms with Crippen LogP contribution in [0.5, 0.6) is 5.88 Å². The minimum absolute atomic E-state index is 0.271. The van der Waals surface area contributed by atoms with Gasteiger partial charge in [-0.15, -0.1) is 0 Å². The first-order valence-electron chi connectivity index (χ1n) is 9.71. The van der Waals surface area contributed by atoms with Crippen molar-refractivity contribution in [3.05, 3.63) is 69.8 Å². The maximum absolute atomic E-state index is 12.2. The van der Waals surface area contributed by atoms with Gasteiger partial charge in [-0.25, -0.2) is 15.0 Å². The number of fused-ring (bicyclic) bond motifs is 1. The van der Waals surface area contributed by atoms with Crippen molar-refractivity contribution < 1.29 is 14.9 Å². The summed E-state index contributed by atoms with van der Waals surface area (Å²) in [6.07, 6.45) is 3.32. The van der Waals surface area contributed by atoms with Crippen molar-refractivity contribution in [1.29, 1.82) is 0 Å². The summed E-state index contributed by atoms with van der Waals surface area (Å²) >= 11 is 6.61. The van der Waals surface area contributed by atoms with Gasteiger partial charge in [-0.3, -0.25) is 0 Å². The fraction of sp³-hybridized carbons (Fsp3) is 0.318. The average molecular weight is 442 g/mol. The number of hydrogen-bond acceptors (Lipinski definition) is 6. The molecule has 0 bridgehead atoms. The van der Waals surface area contributed by atoms with Gasteiger partial charge in [0.05, 0.1) is 53.6 Å². The van der Waals surface area contributed by atoms with Crippen LogP contribution in [-0.2, 0) is 26.3 Å². The topological polar surface area (TPSA) is 98.2 Å². The van der Waals surface area contributed by atoms with Gasteiger partial charge in [0.1, 0.15) is 11.6 Å². The lowest BCUT2D eigenvalue weighted by atomic mass is 9.86. The molecule has 0 amide bonds. The first-order valence-corrected chi connectivity index (χ1v) is 10.1. The van der Waals surface area contributed by atoms with Gasteiger partial charge >= 0.3 is 0 Å². The summed E-state index contributed by atoms with van der Waals surface area (Å²) in [5.41, 5.74) is 1.18. The number of aryl methyl sites for hydroxylation is 2. The number of aromatic nitrogens is 5. The van der Waals surface area contributed by atoms with Gasteiger partial charge in [-0.1, -0.05) is 17.7 Å². The maximum atomic E-state index is 12.2. The highest BCUT2D eigenvalue weighted by Gasteiger charge is 2.40. The van der Waals surface area contributed by atoms with Crippen LogP contribution in [0.1, 0.15) is 34.2 Å². The Kier molecular flexibility index (Phi) is 5.25. The van der Waals surface area contributed by atoms with E-state index in [9.17, 15) is 10.2 Å². The Morgan fingerprint density at radius 1 is 1.06 bits per heavy atom. The molecule has 1 aromatic carbocycles. The lowest BCUT2D eigenvalue weighted by Gasteiger charge is -2.30. The predicted octanol–water partition coefficient (Wildman–Crippen LogP) is 2.76. The molecule has 162 valence electrons. The molecule has 0 aliphatic rings. The van der Waals surface area contributed by atoms with E-state index < -0.39 is 5.60 Å². The zero-order valence-corrected chi connectivity index (χ0v) is 18.8. The molecule has 0 saturated heterocycles. The molecule has 8 nitrogen and oxygen atoms in total. The smallest absolute Gasteiger partial charge is 0.220 e. The van der Waals surface area contributed by atoms with Crippen LogP contribution in [0.15, 0.2) is 30.6 Å². The van der Waals surface area contributed by atoms with Crippen LogP contribution in [0, 0.1) is 13.8 Å². The summed E-state index contributed by atoms with van der Waals surface area (Å²) < 4.78 is 8.96. The molecule has 9 heteroatoms. The van der Waals surface area contributed by atoms with Gasteiger partial charge in [0, 0.05) is 19.5 Å². The SMILES string of the molecule is COc1nc2ccc(C(O)(c3cnc(C)n3C)c3cnc(C)n3C)cc2c(Cl)c1CO. The van der Waals surface area contributed by atoms with E-state index in [4.69, 9.17) is 16.3 Å². The van der Waals surface area contributed by atoms with Crippen LogP contribution in [0.4, 0.5) is 0 Å². The molecule has 0 fully saturated rings. The number of ether oxygens (including phenoxy) is 1. The highest BCUT2D eigenvalue weighted by atomic mass is 35.5. The molecule has 0 radical (unpaired) electrons. The number of methoxy groups -OCH3 is 1. The predicted molar refractivity (Wildman–Crippen MR) is 117 cm³/mol. The fourth-order valence-electron chi connectivity index (χ4n) is 3.88. The van der Waals surface area contributed by atoms with Gasteiger partial charge in [-0.05, 0) is 31.5 Å². The van der Waals surface area contributed by atoms with Gasteiger partial charge in [-0.2, -0.15) is 0 Å². The normalized spacial score (nSPS) is 12.0. The molecule has 4 rings (SSSR count). The molecule has 0 aliphatic heterocycles. The molecular formula is C22H24ClN5O3. The highest BCUT2D eigenvalue weighted by Crippen LogP contribution is 2.40. The molecule has 4 aromatic rings. The van der Waals surface area contributed by atoms with E-state index in [1.54, 1.807) is 30.6 Å². The minimum atomic E-state index is -1.55. The first-order chi connectivity index (χ1) is 14.7. The number of nitrogens with zero attached hydrogens (tertiary/aromatic N) is 5. The summed E-state index contributed by atoms with van der Waals surface area (Å²) in [6.45, 7) is 3.43. The number of hydrogen-bond donors (Lipinski definition) is 2. The van der Waals surface area contributed by atoms with Gasteiger partial charge in [0.15, 0.2) is 5.60 Å². The zero-order chi connectivity index (χ0) is 22.5. The van der Waals surface area contributed by atoms with Crippen molar-refractivity contribution in [2.45, 2.75) is 26.1 Å². The van der Waals surface area contributed by atoms with E-state index >= 15 is 0 Å². The Hall–Kier alpha value is -2.94. The highest BCUT2D eigenvalue weighted by molar-refractivity contribution is 6.36. The van der Waals surface area contributed by atoms with E-state index in [0.717, 1.165) is 11.6 Å². The van der Waals surface area contributed by atoms with Crippen LogP contribution >= 0.6 is 11.6 Å². The third-order valence-corrected chi connectivity index (χ3v) is 6.36. The standard InChI is InChI=1S/C22H24ClN5O3/c1-12-24-9-18(27(12)3)22(30,19-10-25-13(2)28(19)4)14-6-7-17-15(8-14)20(23)16(11-29)21(26-17)31-5/h6-10,29-30H,11H2,1-5H3. The van der Waals surface area contributed by atoms with Gasteiger partial charge in [0.2, 0.25) is 5.88 Å². The first kappa shape index (κ1) is 21.3. The Morgan fingerprint density at radius 2 is 1.65 bits per heavy atom. The molecule has 31 heavy (non-hydrogen) atoms. The fourth-order valence-corrected chi connectivity index (χ4v) is 4.17. The van der Waals surface area contributed by atoms with Crippen molar-refractivity contribution in [3.8, 4) is 5.88 Å². The summed E-state index contributed by atoms with van der Waals surface area (Å²) in [5.74, 6) is 1.80. The molecular weight excluding hydrogens is 418 g/mol. The molecule has 0 saturated carbocycles.